The Morgan fingerprint density at radius 2 is 0.731 bits per heavy atom. The van der Waals surface area contributed by atoms with Gasteiger partial charge in [0.1, 0.15) is 0 Å². The van der Waals surface area contributed by atoms with Crippen molar-refractivity contribution < 1.29 is 0 Å². The van der Waals surface area contributed by atoms with Crippen LogP contribution < -0.4 is 4.90 Å². The lowest BCUT2D eigenvalue weighted by molar-refractivity contribution is 1.30. The summed E-state index contributed by atoms with van der Waals surface area (Å²) < 4.78 is 2.62. The molecule has 244 valence electrons. The molecule has 0 aliphatic rings. The first kappa shape index (κ1) is 30.4. The van der Waals surface area contributed by atoms with Crippen molar-refractivity contribution >= 4 is 70.1 Å². The number of thiophene rings is 1. The predicted octanol–water partition coefficient (Wildman–Crippen LogP) is 14.8. The van der Waals surface area contributed by atoms with Crippen LogP contribution in [-0.2, 0) is 0 Å². The van der Waals surface area contributed by atoms with Crippen LogP contribution in [0.15, 0.2) is 200 Å². The molecule has 9 aromatic carbocycles. The van der Waals surface area contributed by atoms with E-state index < -0.39 is 0 Å². The van der Waals surface area contributed by atoms with Crippen molar-refractivity contribution in [2.45, 2.75) is 0 Å². The Labute approximate surface area is 307 Å². The van der Waals surface area contributed by atoms with Crippen molar-refractivity contribution in [3.8, 4) is 33.4 Å². The van der Waals surface area contributed by atoms with E-state index in [1.165, 1.54) is 75.1 Å². The lowest BCUT2D eigenvalue weighted by Crippen LogP contribution is -2.09. The second-order valence-electron chi connectivity index (χ2n) is 13.4. The third-order valence-corrected chi connectivity index (χ3v) is 11.4. The van der Waals surface area contributed by atoms with E-state index in [0.29, 0.717) is 0 Å². The molecular weight excluding hydrogens is 647 g/mol. The van der Waals surface area contributed by atoms with Gasteiger partial charge in [-0.1, -0.05) is 140 Å². The van der Waals surface area contributed by atoms with Crippen molar-refractivity contribution in [3.63, 3.8) is 0 Å². The van der Waals surface area contributed by atoms with Crippen molar-refractivity contribution in [1.29, 1.82) is 0 Å². The minimum atomic E-state index is 1.13. The van der Waals surface area contributed by atoms with Gasteiger partial charge in [-0.15, -0.1) is 11.3 Å². The summed E-state index contributed by atoms with van der Waals surface area (Å²) in [6, 6.07) is 73.0. The Kier molecular flexibility index (Phi) is 7.41. The van der Waals surface area contributed by atoms with Crippen LogP contribution >= 0.6 is 11.3 Å². The lowest BCUT2D eigenvalue weighted by atomic mass is 9.97. The maximum atomic E-state index is 2.39. The van der Waals surface area contributed by atoms with Gasteiger partial charge in [-0.2, -0.15) is 0 Å². The minimum absolute atomic E-state index is 1.13. The number of hydrogen-bond acceptors (Lipinski definition) is 2. The van der Waals surface area contributed by atoms with Gasteiger partial charge in [0, 0.05) is 37.2 Å². The molecule has 0 saturated carbocycles. The molecule has 0 unspecified atom stereocenters. The number of benzene rings is 9. The van der Waals surface area contributed by atoms with E-state index >= 15 is 0 Å². The standard InChI is InChI=1S/C50H33NS/c1-2-8-34(9-3-1)36-22-25-44(26-23-36)51(46-28-29-50-48(33-46)47-12-6-7-13-49(47)52-50)45-27-24-42-31-41(20-21-43(42)32-45)38-16-14-37(15-17-38)40-19-18-35-10-4-5-11-39(35)30-40/h1-33H. The van der Waals surface area contributed by atoms with Crippen LogP contribution in [-0.4, -0.2) is 0 Å². The fourth-order valence-corrected chi connectivity index (χ4v) is 8.60. The summed E-state index contributed by atoms with van der Waals surface area (Å²) in [6.45, 7) is 0. The molecule has 2 heteroatoms. The Bertz CT molecular complexity index is 2890. The van der Waals surface area contributed by atoms with Crippen molar-refractivity contribution in [3.05, 3.63) is 200 Å². The third kappa shape index (κ3) is 5.51. The van der Waals surface area contributed by atoms with Crippen LogP contribution in [0.25, 0.3) is 75.1 Å². The molecule has 1 heterocycles. The van der Waals surface area contributed by atoms with E-state index in [1.54, 1.807) is 0 Å². The van der Waals surface area contributed by atoms with Gasteiger partial charge in [0.25, 0.3) is 0 Å². The Hall–Kier alpha value is -6.48. The molecular formula is C50H33NS. The van der Waals surface area contributed by atoms with Crippen LogP contribution in [0.1, 0.15) is 0 Å². The fraction of sp³-hybridized carbons (Fsp3) is 0. The molecule has 0 fully saturated rings. The summed E-state index contributed by atoms with van der Waals surface area (Å²) in [5.41, 5.74) is 10.7. The lowest BCUT2D eigenvalue weighted by Gasteiger charge is -2.26. The zero-order valence-corrected chi connectivity index (χ0v) is 29.2. The highest BCUT2D eigenvalue weighted by molar-refractivity contribution is 7.25. The molecule has 0 aliphatic carbocycles. The Morgan fingerprint density at radius 3 is 1.50 bits per heavy atom. The summed E-state index contributed by atoms with van der Waals surface area (Å²) in [5.74, 6) is 0. The zero-order valence-electron chi connectivity index (χ0n) is 28.4. The third-order valence-electron chi connectivity index (χ3n) is 10.2. The van der Waals surface area contributed by atoms with Gasteiger partial charge in [0.15, 0.2) is 0 Å². The van der Waals surface area contributed by atoms with Gasteiger partial charge in [0.2, 0.25) is 0 Å². The molecule has 0 bridgehead atoms. The highest BCUT2D eigenvalue weighted by atomic mass is 32.1. The average molecular weight is 680 g/mol. The van der Waals surface area contributed by atoms with E-state index in [9.17, 15) is 0 Å². The Morgan fingerprint density at radius 1 is 0.269 bits per heavy atom. The summed E-state index contributed by atoms with van der Waals surface area (Å²) in [6.07, 6.45) is 0. The first-order chi connectivity index (χ1) is 25.7. The predicted molar refractivity (Wildman–Crippen MR) is 225 cm³/mol. The fourth-order valence-electron chi connectivity index (χ4n) is 7.51. The largest absolute Gasteiger partial charge is 0.310 e. The van der Waals surface area contributed by atoms with Gasteiger partial charge < -0.3 is 4.90 Å². The molecule has 52 heavy (non-hydrogen) atoms. The molecule has 0 aliphatic heterocycles. The molecule has 10 rings (SSSR count). The van der Waals surface area contributed by atoms with Gasteiger partial charge in [0.05, 0.1) is 0 Å². The van der Waals surface area contributed by atoms with Gasteiger partial charge in [-0.25, -0.2) is 0 Å². The molecule has 0 spiro atoms. The van der Waals surface area contributed by atoms with Crippen molar-refractivity contribution in [2.24, 2.45) is 0 Å². The number of anilines is 3. The van der Waals surface area contributed by atoms with Gasteiger partial charge in [-0.3, -0.25) is 0 Å². The van der Waals surface area contributed by atoms with E-state index in [0.717, 1.165) is 17.1 Å². The van der Waals surface area contributed by atoms with Crippen LogP contribution in [0, 0.1) is 0 Å². The first-order valence-electron chi connectivity index (χ1n) is 17.7. The molecule has 0 N–H and O–H groups in total. The number of fused-ring (bicyclic) bond motifs is 5. The maximum absolute atomic E-state index is 2.39. The smallest absolute Gasteiger partial charge is 0.0468 e. The summed E-state index contributed by atoms with van der Waals surface area (Å²) in [5, 5.41) is 7.56. The highest BCUT2D eigenvalue weighted by Crippen LogP contribution is 2.42. The van der Waals surface area contributed by atoms with Gasteiger partial charge >= 0.3 is 0 Å². The van der Waals surface area contributed by atoms with Crippen LogP contribution in [0.4, 0.5) is 17.1 Å². The normalized spacial score (nSPS) is 11.5. The second-order valence-corrected chi connectivity index (χ2v) is 14.5. The molecule has 0 radical (unpaired) electrons. The highest BCUT2D eigenvalue weighted by Gasteiger charge is 2.16. The maximum Gasteiger partial charge on any atom is 0.0468 e. The Balaban J connectivity index is 1.02. The number of nitrogens with zero attached hydrogens (tertiary/aromatic N) is 1. The minimum Gasteiger partial charge on any atom is -0.310 e. The zero-order chi connectivity index (χ0) is 34.4. The average Bonchev–Trinajstić information content (AvgIpc) is 3.59. The van der Waals surface area contributed by atoms with Gasteiger partial charge in [-0.05, 0) is 116 Å². The molecule has 1 nitrogen and oxygen atoms in total. The van der Waals surface area contributed by atoms with Crippen LogP contribution in [0.3, 0.4) is 0 Å². The molecule has 1 aromatic heterocycles. The van der Waals surface area contributed by atoms with Crippen molar-refractivity contribution in [2.75, 3.05) is 4.90 Å². The monoisotopic (exact) mass is 679 g/mol. The second kappa shape index (κ2) is 12.7. The first-order valence-corrected chi connectivity index (χ1v) is 18.6. The van der Waals surface area contributed by atoms with E-state index in [1.807, 2.05) is 11.3 Å². The summed E-state index contributed by atoms with van der Waals surface area (Å²) in [4.78, 5) is 2.39. The van der Waals surface area contributed by atoms with E-state index in [-0.39, 0.29) is 0 Å². The van der Waals surface area contributed by atoms with Crippen LogP contribution in [0.5, 0.6) is 0 Å². The molecule has 0 saturated heterocycles. The van der Waals surface area contributed by atoms with Crippen molar-refractivity contribution in [1.82, 2.24) is 0 Å². The molecule has 0 amide bonds. The molecule has 0 atom stereocenters. The van der Waals surface area contributed by atoms with E-state index in [4.69, 9.17) is 0 Å². The molecule has 10 aromatic rings. The number of hydrogen-bond donors (Lipinski definition) is 0. The summed E-state index contributed by atoms with van der Waals surface area (Å²) >= 11 is 1.86. The van der Waals surface area contributed by atoms with Crippen LogP contribution in [0.2, 0.25) is 0 Å². The quantitative estimate of drug-likeness (QED) is 0.169. The number of rotatable bonds is 6. The van der Waals surface area contributed by atoms with E-state index in [2.05, 4.69) is 205 Å². The summed E-state index contributed by atoms with van der Waals surface area (Å²) in [7, 11) is 0. The topological polar surface area (TPSA) is 3.24 Å². The SMILES string of the molecule is c1ccc(-c2ccc(N(c3ccc4cc(-c5ccc(-c6ccc7ccccc7c6)cc5)ccc4c3)c3ccc4sc5ccccc5c4c3)cc2)cc1.